The van der Waals surface area contributed by atoms with Gasteiger partial charge < -0.3 is 0 Å². The summed E-state index contributed by atoms with van der Waals surface area (Å²) >= 11 is 0. The van der Waals surface area contributed by atoms with E-state index in [1.165, 1.54) is 0 Å². The standard InChI is InChI=1S/C14H30N2O2/c1-11(2)10-14(9,16-15-12(3,4)5)18-17-13(6,7)8/h11H,10H2,1-9H3. The summed E-state index contributed by atoms with van der Waals surface area (Å²) in [5.74, 6) is 0.456. The molecule has 0 rings (SSSR count). The van der Waals surface area contributed by atoms with Gasteiger partial charge in [0.2, 0.25) is 5.72 Å². The largest absolute Gasteiger partial charge is 0.228 e. The molecule has 0 amide bonds. The lowest BCUT2D eigenvalue weighted by molar-refractivity contribution is -0.402. The van der Waals surface area contributed by atoms with Crippen LogP contribution in [-0.2, 0) is 9.78 Å². The van der Waals surface area contributed by atoms with Crippen molar-refractivity contribution in [1.82, 2.24) is 0 Å². The van der Waals surface area contributed by atoms with Crippen LogP contribution in [0.2, 0.25) is 0 Å². The van der Waals surface area contributed by atoms with E-state index in [0.29, 0.717) is 5.92 Å². The second-order valence-corrected chi connectivity index (χ2v) is 7.42. The molecule has 0 radical (unpaired) electrons. The normalized spacial score (nSPS) is 17.4. The van der Waals surface area contributed by atoms with Crippen molar-refractivity contribution in [1.29, 1.82) is 0 Å². The summed E-state index contributed by atoms with van der Waals surface area (Å²) < 4.78 is 0. The van der Waals surface area contributed by atoms with Gasteiger partial charge in [-0.25, -0.2) is 9.78 Å². The summed E-state index contributed by atoms with van der Waals surface area (Å²) in [6.45, 7) is 18.0. The first-order valence-corrected chi connectivity index (χ1v) is 6.64. The fourth-order valence-electron chi connectivity index (χ4n) is 1.32. The van der Waals surface area contributed by atoms with E-state index in [0.717, 1.165) is 6.42 Å². The molecule has 0 aromatic rings. The molecule has 0 spiro atoms. The summed E-state index contributed by atoms with van der Waals surface area (Å²) in [5.41, 5.74) is -1.28. The Labute approximate surface area is 112 Å². The van der Waals surface area contributed by atoms with Crippen LogP contribution in [0.15, 0.2) is 10.2 Å². The van der Waals surface area contributed by atoms with E-state index in [-0.39, 0.29) is 11.1 Å². The number of rotatable bonds is 5. The molecule has 0 saturated carbocycles. The van der Waals surface area contributed by atoms with Crippen LogP contribution in [0.5, 0.6) is 0 Å². The highest BCUT2D eigenvalue weighted by Gasteiger charge is 2.30. The zero-order valence-corrected chi connectivity index (χ0v) is 13.5. The molecule has 18 heavy (non-hydrogen) atoms. The molecule has 0 aromatic carbocycles. The SMILES string of the molecule is CC(C)CC(C)(N=NC(C)(C)C)OOC(C)(C)C. The lowest BCUT2D eigenvalue weighted by Gasteiger charge is -2.29. The molecule has 0 aromatic heterocycles. The van der Waals surface area contributed by atoms with E-state index in [1.807, 2.05) is 48.5 Å². The minimum atomic E-state index is -0.727. The zero-order valence-electron chi connectivity index (χ0n) is 13.5. The van der Waals surface area contributed by atoms with Crippen LogP contribution in [0.1, 0.15) is 68.7 Å². The summed E-state index contributed by atoms with van der Waals surface area (Å²) in [6, 6.07) is 0. The van der Waals surface area contributed by atoms with Gasteiger partial charge in [-0.3, -0.25) is 0 Å². The Kier molecular flexibility index (Phi) is 5.95. The lowest BCUT2D eigenvalue weighted by Crippen LogP contribution is -2.33. The van der Waals surface area contributed by atoms with E-state index >= 15 is 0 Å². The third-order valence-corrected chi connectivity index (χ3v) is 1.82. The van der Waals surface area contributed by atoms with Gasteiger partial charge in [-0.05, 0) is 54.4 Å². The van der Waals surface area contributed by atoms with Crippen molar-refractivity contribution in [3.05, 3.63) is 0 Å². The average Bonchev–Trinajstić information content (AvgIpc) is 2.09. The molecule has 1 atom stereocenters. The predicted molar refractivity (Wildman–Crippen MR) is 74.4 cm³/mol. The molecule has 0 aliphatic heterocycles. The van der Waals surface area contributed by atoms with Crippen LogP contribution in [0, 0.1) is 5.92 Å². The molecule has 0 fully saturated rings. The van der Waals surface area contributed by atoms with E-state index in [9.17, 15) is 0 Å². The van der Waals surface area contributed by atoms with Crippen molar-refractivity contribution in [2.24, 2.45) is 16.1 Å². The van der Waals surface area contributed by atoms with Crippen molar-refractivity contribution in [3.63, 3.8) is 0 Å². The van der Waals surface area contributed by atoms with Crippen LogP contribution in [-0.4, -0.2) is 16.9 Å². The van der Waals surface area contributed by atoms with Crippen LogP contribution >= 0.6 is 0 Å². The maximum atomic E-state index is 5.54. The van der Waals surface area contributed by atoms with Crippen molar-refractivity contribution in [3.8, 4) is 0 Å². The predicted octanol–water partition coefficient (Wildman–Crippen LogP) is 4.75. The zero-order chi connectivity index (χ0) is 14.6. The van der Waals surface area contributed by atoms with Gasteiger partial charge in [-0.15, -0.1) is 0 Å². The quantitative estimate of drug-likeness (QED) is 0.406. The Morgan fingerprint density at radius 2 is 1.33 bits per heavy atom. The summed E-state index contributed by atoms with van der Waals surface area (Å²) in [6.07, 6.45) is 0.767. The highest BCUT2D eigenvalue weighted by atomic mass is 17.2. The minimum absolute atomic E-state index is 0.205. The summed E-state index contributed by atoms with van der Waals surface area (Å²) in [5, 5.41) is 8.65. The summed E-state index contributed by atoms with van der Waals surface area (Å²) in [4.78, 5) is 10.9. The first-order valence-electron chi connectivity index (χ1n) is 6.64. The third kappa shape index (κ3) is 9.54. The highest BCUT2D eigenvalue weighted by molar-refractivity contribution is 4.75. The first-order chi connectivity index (χ1) is 7.83. The van der Waals surface area contributed by atoms with Gasteiger partial charge in [0.15, 0.2) is 0 Å². The van der Waals surface area contributed by atoms with Gasteiger partial charge in [0.1, 0.15) is 0 Å². The molecule has 0 aliphatic rings. The molecule has 0 heterocycles. The Bertz CT molecular complexity index is 274. The average molecular weight is 258 g/mol. The van der Waals surface area contributed by atoms with Gasteiger partial charge in [-0.2, -0.15) is 10.2 Å². The van der Waals surface area contributed by atoms with Gasteiger partial charge in [-0.1, -0.05) is 13.8 Å². The number of hydrogen-bond acceptors (Lipinski definition) is 4. The molecule has 108 valence electrons. The number of azo groups is 1. The molecule has 4 nitrogen and oxygen atoms in total. The topological polar surface area (TPSA) is 43.2 Å². The maximum absolute atomic E-state index is 5.54. The maximum Gasteiger partial charge on any atom is 0.209 e. The Morgan fingerprint density at radius 3 is 1.67 bits per heavy atom. The fourth-order valence-corrected chi connectivity index (χ4v) is 1.32. The lowest BCUT2D eigenvalue weighted by atomic mass is 10.0. The van der Waals surface area contributed by atoms with Crippen molar-refractivity contribution < 1.29 is 9.78 Å². The van der Waals surface area contributed by atoms with Crippen molar-refractivity contribution >= 4 is 0 Å². The number of hydrogen-bond donors (Lipinski definition) is 0. The van der Waals surface area contributed by atoms with Crippen LogP contribution in [0.4, 0.5) is 0 Å². The summed E-state index contributed by atoms with van der Waals surface area (Å²) in [7, 11) is 0. The Morgan fingerprint density at radius 1 is 0.833 bits per heavy atom. The Balaban J connectivity index is 4.78. The van der Waals surface area contributed by atoms with Gasteiger partial charge in [0.05, 0.1) is 11.1 Å². The third-order valence-electron chi connectivity index (χ3n) is 1.82. The second-order valence-electron chi connectivity index (χ2n) is 7.42. The van der Waals surface area contributed by atoms with E-state index in [1.54, 1.807) is 0 Å². The second kappa shape index (κ2) is 6.11. The van der Waals surface area contributed by atoms with E-state index in [4.69, 9.17) is 9.78 Å². The van der Waals surface area contributed by atoms with Crippen molar-refractivity contribution in [2.45, 2.75) is 85.6 Å². The van der Waals surface area contributed by atoms with Crippen molar-refractivity contribution in [2.75, 3.05) is 0 Å². The smallest absolute Gasteiger partial charge is 0.209 e. The Hall–Kier alpha value is -0.480. The van der Waals surface area contributed by atoms with Gasteiger partial charge >= 0.3 is 0 Å². The molecule has 0 saturated heterocycles. The molecule has 1 unspecified atom stereocenters. The monoisotopic (exact) mass is 258 g/mol. The van der Waals surface area contributed by atoms with E-state index < -0.39 is 5.72 Å². The molecule has 0 aliphatic carbocycles. The van der Waals surface area contributed by atoms with Gasteiger partial charge in [0, 0.05) is 6.42 Å². The minimum Gasteiger partial charge on any atom is -0.228 e. The van der Waals surface area contributed by atoms with Crippen LogP contribution < -0.4 is 0 Å². The number of nitrogens with zero attached hydrogens (tertiary/aromatic N) is 2. The fraction of sp³-hybridized carbons (Fsp3) is 1.00. The molecular weight excluding hydrogens is 228 g/mol. The molecule has 0 N–H and O–H groups in total. The van der Waals surface area contributed by atoms with Crippen LogP contribution in [0.25, 0.3) is 0 Å². The highest BCUT2D eigenvalue weighted by Crippen LogP contribution is 2.27. The first kappa shape index (κ1) is 17.5. The molecular formula is C14H30N2O2. The van der Waals surface area contributed by atoms with Gasteiger partial charge in [0.25, 0.3) is 0 Å². The molecule has 4 heteroatoms. The molecule has 0 bridgehead atoms. The van der Waals surface area contributed by atoms with E-state index in [2.05, 4.69) is 24.1 Å². The van der Waals surface area contributed by atoms with Crippen LogP contribution in [0.3, 0.4) is 0 Å².